The van der Waals surface area contributed by atoms with E-state index in [9.17, 15) is 4.79 Å². The Morgan fingerprint density at radius 3 is 2.87 bits per heavy atom. The van der Waals surface area contributed by atoms with Gasteiger partial charge in [0.25, 0.3) is 0 Å². The van der Waals surface area contributed by atoms with E-state index in [0.717, 1.165) is 18.6 Å². The van der Waals surface area contributed by atoms with Crippen LogP contribution in [0.2, 0.25) is 0 Å². The standard InChI is InChI=1S/C11H13NO3/c1-15-10-3-2-7-4-9(12-11(13)14)5-8(7)6-10/h2-3,6,9,12H,4-5H2,1H3,(H,13,14)/t9-/m1/s1. The van der Waals surface area contributed by atoms with Crippen molar-refractivity contribution in [1.82, 2.24) is 5.32 Å². The Morgan fingerprint density at radius 1 is 1.47 bits per heavy atom. The summed E-state index contributed by atoms with van der Waals surface area (Å²) in [5.74, 6) is 0.824. The fourth-order valence-electron chi connectivity index (χ4n) is 2.00. The van der Waals surface area contributed by atoms with Crippen molar-refractivity contribution in [2.24, 2.45) is 0 Å². The highest BCUT2D eigenvalue weighted by molar-refractivity contribution is 5.65. The van der Waals surface area contributed by atoms with Gasteiger partial charge in [-0.15, -0.1) is 0 Å². The van der Waals surface area contributed by atoms with E-state index < -0.39 is 6.09 Å². The molecule has 0 radical (unpaired) electrons. The lowest BCUT2D eigenvalue weighted by atomic mass is 10.1. The molecule has 1 aromatic carbocycles. The van der Waals surface area contributed by atoms with Crippen LogP contribution in [-0.4, -0.2) is 24.4 Å². The SMILES string of the molecule is COc1ccc2c(c1)C[C@H](NC(=O)O)C2. The van der Waals surface area contributed by atoms with Crippen LogP contribution in [0.4, 0.5) is 4.79 Å². The lowest BCUT2D eigenvalue weighted by Crippen LogP contribution is -2.33. The summed E-state index contributed by atoms with van der Waals surface area (Å²) in [4.78, 5) is 10.5. The summed E-state index contributed by atoms with van der Waals surface area (Å²) >= 11 is 0. The molecule has 1 aromatic rings. The molecule has 4 heteroatoms. The molecule has 0 heterocycles. The van der Waals surface area contributed by atoms with Gasteiger partial charge in [0.05, 0.1) is 7.11 Å². The van der Waals surface area contributed by atoms with Crippen LogP contribution in [0.15, 0.2) is 18.2 Å². The van der Waals surface area contributed by atoms with Gasteiger partial charge in [-0.1, -0.05) is 6.07 Å². The number of benzene rings is 1. The average molecular weight is 207 g/mol. The summed E-state index contributed by atoms with van der Waals surface area (Å²) in [7, 11) is 1.63. The van der Waals surface area contributed by atoms with Crippen LogP contribution in [-0.2, 0) is 12.8 Å². The number of hydrogen-bond donors (Lipinski definition) is 2. The first-order valence-corrected chi connectivity index (χ1v) is 4.84. The van der Waals surface area contributed by atoms with Gasteiger partial charge in [-0.25, -0.2) is 4.79 Å². The normalized spacial score (nSPS) is 18.3. The Bertz CT molecular complexity index is 389. The van der Waals surface area contributed by atoms with Crippen molar-refractivity contribution in [3.05, 3.63) is 29.3 Å². The number of hydrogen-bond acceptors (Lipinski definition) is 2. The molecule has 0 spiro atoms. The third-order valence-electron chi connectivity index (χ3n) is 2.67. The largest absolute Gasteiger partial charge is 0.497 e. The number of amides is 1. The molecular formula is C11H13NO3. The minimum absolute atomic E-state index is 0.00426. The first-order valence-electron chi connectivity index (χ1n) is 4.84. The summed E-state index contributed by atoms with van der Waals surface area (Å²) < 4.78 is 5.12. The molecule has 2 rings (SSSR count). The number of rotatable bonds is 2. The summed E-state index contributed by atoms with van der Waals surface area (Å²) in [6.07, 6.45) is 0.560. The summed E-state index contributed by atoms with van der Waals surface area (Å²) in [6, 6.07) is 5.88. The molecule has 0 saturated carbocycles. The minimum atomic E-state index is -0.959. The number of carbonyl (C=O) groups is 1. The Balaban J connectivity index is 2.13. The van der Waals surface area contributed by atoms with Crippen LogP contribution in [0.3, 0.4) is 0 Å². The molecule has 0 aromatic heterocycles. The van der Waals surface area contributed by atoms with Gasteiger partial charge in [0, 0.05) is 6.04 Å². The maximum absolute atomic E-state index is 10.5. The first-order chi connectivity index (χ1) is 7.19. The number of ether oxygens (including phenoxy) is 1. The van der Waals surface area contributed by atoms with Crippen molar-refractivity contribution in [2.75, 3.05) is 7.11 Å². The van der Waals surface area contributed by atoms with Gasteiger partial charge in [-0.2, -0.15) is 0 Å². The molecule has 80 valence electrons. The third kappa shape index (κ3) is 2.03. The Hall–Kier alpha value is -1.71. The molecule has 4 nitrogen and oxygen atoms in total. The minimum Gasteiger partial charge on any atom is -0.497 e. The average Bonchev–Trinajstić information content (AvgIpc) is 2.57. The van der Waals surface area contributed by atoms with Gasteiger partial charge in [0.1, 0.15) is 5.75 Å². The molecule has 0 fully saturated rings. The van der Waals surface area contributed by atoms with Gasteiger partial charge in [-0.3, -0.25) is 0 Å². The monoisotopic (exact) mass is 207 g/mol. The van der Waals surface area contributed by atoms with Gasteiger partial charge in [0.15, 0.2) is 0 Å². The smallest absolute Gasteiger partial charge is 0.404 e. The molecule has 1 atom stereocenters. The molecule has 2 N–H and O–H groups in total. The molecule has 0 aliphatic heterocycles. The number of fused-ring (bicyclic) bond motifs is 1. The summed E-state index contributed by atoms with van der Waals surface area (Å²) in [5, 5.41) is 11.1. The fraction of sp³-hybridized carbons (Fsp3) is 0.364. The zero-order valence-electron chi connectivity index (χ0n) is 8.49. The molecular weight excluding hydrogens is 194 g/mol. The first kappa shape index (κ1) is 9.83. The highest BCUT2D eigenvalue weighted by Gasteiger charge is 2.22. The maximum Gasteiger partial charge on any atom is 0.404 e. The van der Waals surface area contributed by atoms with Crippen molar-refractivity contribution in [3.63, 3.8) is 0 Å². The van der Waals surface area contributed by atoms with Crippen molar-refractivity contribution in [3.8, 4) is 5.75 Å². The van der Waals surface area contributed by atoms with Gasteiger partial charge >= 0.3 is 6.09 Å². The molecule has 15 heavy (non-hydrogen) atoms. The molecule has 1 aliphatic carbocycles. The van der Waals surface area contributed by atoms with E-state index in [1.165, 1.54) is 11.1 Å². The van der Waals surface area contributed by atoms with Gasteiger partial charge < -0.3 is 15.2 Å². The molecule has 0 bridgehead atoms. The zero-order valence-corrected chi connectivity index (χ0v) is 8.49. The van der Waals surface area contributed by atoms with E-state index in [-0.39, 0.29) is 6.04 Å². The number of methoxy groups -OCH3 is 1. The zero-order chi connectivity index (χ0) is 10.8. The highest BCUT2D eigenvalue weighted by Crippen LogP contribution is 2.26. The second-order valence-electron chi connectivity index (χ2n) is 3.69. The van der Waals surface area contributed by atoms with E-state index >= 15 is 0 Å². The Morgan fingerprint density at radius 2 is 2.20 bits per heavy atom. The van der Waals surface area contributed by atoms with Crippen LogP contribution in [0.5, 0.6) is 5.75 Å². The second kappa shape index (κ2) is 3.81. The van der Waals surface area contributed by atoms with E-state index in [1.54, 1.807) is 7.11 Å². The van der Waals surface area contributed by atoms with E-state index in [1.807, 2.05) is 18.2 Å². The van der Waals surface area contributed by atoms with Gasteiger partial charge in [-0.05, 0) is 36.1 Å². The van der Waals surface area contributed by atoms with E-state index in [2.05, 4.69) is 5.32 Å². The Labute approximate surface area is 87.9 Å². The molecule has 0 unspecified atom stereocenters. The Kier molecular flexibility index (Phi) is 2.49. The number of carboxylic acid groups (broad SMARTS) is 1. The van der Waals surface area contributed by atoms with Crippen LogP contribution in [0.1, 0.15) is 11.1 Å². The summed E-state index contributed by atoms with van der Waals surface area (Å²) in [5.41, 5.74) is 2.38. The highest BCUT2D eigenvalue weighted by atomic mass is 16.5. The molecule has 1 amide bonds. The maximum atomic E-state index is 10.5. The molecule has 0 saturated heterocycles. The molecule has 1 aliphatic rings. The van der Waals surface area contributed by atoms with Crippen molar-refractivity contribution >= 4 is 6.09 Å². The van der Waals surface area contributed by atoms with Crippen LogP contribution in [0, 0.1) is 0 Å². The lowest BCUT2D eigenvalue weighted by Gasteiger charge is -2.07. The summed E-state index contributed by atoms with van der Waals surface area (Å²) in [6.45, 7) is 0. The number of nitrogens with one attached hydrogen (secondary N) is 1. The van der Waals surface area contributed by atoms with Crippen LogP contribution < -0.4 is 10.1 Å². The predicted octanol–water partition coefficient (Wildman–Crippen LogP) is 1.43. The van der Waals surface area contributed by atoms with E-state index in [4.69, 9.17) is 9.84 Å². The quantitative estimate of drug-likeness (QED) is 0.771. The topological polar surface area (TPSA) is 58.6 Å². The predicted molar refractivity (Wildman–Crippen MR) is 55.4 cm³/mol. The second-order valence-corrected chi connectivity index (χ2v) is 3.69. The van der Waals surface area contributed by atoms with Gasteiger partial charge in [0.2, 0.25) is 0 Å². The van der Waals surface area contributed by atoms with Crippen molar-refractivity contribution < 1.29 is 14.6 Å². The van der Waals surface area contributed by atoms with Crippen molar-refractivity contribution in [1.29, 1.82) is 0 Å². The van der Waals surface area contributed by atoms with E-state index in [0.29, 0.717) is 0 Å². The third-order valence-corrected chi connectivity index (χ3v) is 2.67. The van der Waals surface area contributed by atoms with Crippen LogP contribution in [0.25, 0.3) is 0 Å². The van der Waals surface area contributed by atoms with Crippen LogP contribution >= 0.6 is 0 Å². The lowest BCUT2D eigenvalue weighted by molar-refractivity contribution is 0.190. The van der Waals surface area contributed by atoms with Crippen molar-refractivity contribution in [2.45, 2.75) is 18.9 Å². The fourth-order valence-corrected chi connectivity index (χ4v) is 2.00.